The summed E-state index contributed by atoms with van der Waals surface area (Å²) in [7, 11) is 0. The van der Waals surface area contributed by atoms with Crippen molar-refractivity contribution in [3.8, 4) is 0 Å². The Balaban J connectivity index is 2.17. The van der Waals surface area contributed by atoms with Gasteiger partial charge in [0.05, 0.1) is 0 Å². The first-order valence-corrected chi connectivity index (χ1v) is 5.23. The number of benzene rings is 1. The van der Waals surface area contributed by atoms with Crippen LogP contribution in [0.4, 0.5) is 8.78 Å². The molecule has 86 valence electrons. The minimum atomic E-state index is -0.581. The zero-order valence-corrected chi connectivity index (χ0v) is 9.02. The predicted octanol–water partition coefficient (Wildman–Crippen LogP) is 2.18. The molecule has 0 saturated carbocycles. The molecule has 0 aromatic heterocycles. The number of hydrogen-bond acceptors (Lipinski definition) is 1. The summed E-state index contributed by atoms with van der Waals surface area (Å²) in [6, 6.07) is 3.46. The third-order valence-electron chi connectivity index (χ3n) is 2.86. The summed E-state index contributed by atoms with van der Waals surface area (Å²) in [5, 5.41) is 2.83. The summed E-state index contributed by atoms with van der Waals surface area (Å²) in [6.07, 6.45) is 1.63. The highest BCUT2D eigenvalue weighted by Gasteiger charge is 2.33. The van der Waals surface area contributed by atoms with Crippen LogP contribution in [0.2, 0.25) is 0 Å². The SMILES string of the molecule is CC1(Cc2cc(F)cc(F)c2)CCC(=O)N1. The lowest BCUT2D eigenvalue weighted by Crippen LogP contribution is -2.40. The molecule has 1 saturated heterocycles. The van der Waals surface area contributed by atoms with Gasteiger partial charge in [-0.3, -0.25) is 4.79 Å². The predicted molar refractivity (Wildman–Crippen MR) is 55.8 cm³/mol. The number of nitrogens with one attached hydrogen (secondary N) is 1. The molecule has 2 nitrogen and oxygen atoms in total. The fraction of sp³-hybridized carbons (Fsp3) is 0.417. The van der Waals surface area contributed by atoms with E-state index >= 15 is 0 Å². The molecule has 1 amide bonds. The molecule has 1 unspecified atom stereocenters. The van der Waals surface area contributed by atoms with E-state index in [2.05, 4.69) is 5.32 Å². The summed E-state index contributed by atoms with van der Waals surface area (Å²) >= 11 is 0. The summed E-state index contributed by atoms with van der Waals surface area (Å²) in [5.41, 5.74) is 0.194. The Morgan fingerprint density at radius 2 is 1.94 bits per heavy atom. The molecular formula is C12H13F2NO. The monoisotopic (exact) mass is 225 g/mol. The maximum atomic E-state index is 13.0. The lowest BCUT2D eigenvalue weighted by atomic mass is 9.91. The van der Waals surface area contributed by atoms with Crippen LogP contribution >= 0.6 is 0 Å². The lowest BCUT2D eigenvalue weighted by molar-refractivity contribution is -0.119. The molecule has 1 aliphatic heterocycles. The third kappa shape index (κ3) is 2.38. The molecule has 1 heterocycles. The largest absolute Gasteiger partial charge is 0.351 e. The molecule has 16 heavy (non-hydrogen) atoms. The Kier molecular flexibility index (Phi) is 2.66. The van der Waals surface area contributed by atoms with Crippen LogP contribution in [0.3, 0.4) is 0 Å². The fourth-order valence-corrected chi connectivity index (χ4v) is 2.15. The molecule has 1 fully saturated rings. The van der Waals surface area contributed by atoms with Crippen molar-refractivity contribution in [3.63, 3.8) is 0 Å². The van der Waals surface area contributed by atoms with Crippen LogP contribution in [0.25, 0.3) is 0 Å². The van der Waals surface area contributed by atoms with Gasteiger partial charge in [0, 0.05) is 18.0 Å². The smallest absolute Gasteiger partial charge is 0.220 e. The van der Waals surface area contributed by atoms with E-state index < -0.39 is 11.6 Å². The molecule has 1 aromatic rings. The topological polar surface area (TPSA) is 29.1 Å². The lowest BCUT2D eigenvalue weighted by Gasteiger charge is -2.23. The number of amides is 1. The van der Waals surface area contributed by atoms with Gasteiger partial charge in [-0.2, -0.15) is 0 Å². The standard InChI is InChI=1S/C12H13F2NO/c1-12(3-2-11(16)15-12)7-8-4-9(13)6-10(14)5-8/h4-6H,2-3,7H2,1H3,(H,15,16). The van der Waals surface area contributed by atoms with Crippen LogP contribution in [-0.2, 0) is 11.2 Å². The van der Waals surface area contributed by atoms with Crippen LogP contribution in [0.5, 0.6) is 0 Å². The zero-order chi connectivity index (χ0) is 11.8. The second kappa shape index (κ2) is 3.85. The molecule has 1 N–H and O–H groups in total. The van der Waals surface area contributed by atoms with Crippen molar-refractivity contribution in [2.24, 2.45) is 0 Å². The minimum absolute atomic E-state index is 0.000579. The molecule has 0 radical (unpaired) electrons. The van der Waals surface area contributed by atoms with Crippen molar-refractivity contribution in [2.45, 2.75) is 31.7 Å². The first-order chi connectivity index (χ1) is 7.47. The highest BCUT2D eigenvalue weighted by Crippen LogP contribution is 2.24. The van der Waals surface area contributed by atoms with Gasteiger partial charge in [-0.25, -0.2) is 8.78 Å². The Morgan fingerprint density at radius 1 is 1.31 bits per heavy atom. The molecule has 1 aliphatic rings. The van der Waals surface area contributed by atoms with Crippen molar-refractivity contribution < 1.29 is 13.6 Å². The summed E-state index contributed by atoms with van der Waals surface area (Å²) < 4.78 is 26.0. The average Bonchev–Trinajstić information content (AvgIpc) is 2.43. The van der Waals surface area contributed by atoms with Gasteiger partial charge in [0.2, 0.25) is 5.91 Å². The van der Waals surface area contributed by atoms with E-state index in [9.17, 15) is 13.6 Å². The van der Waals surface area contributed by atoms with E-state index in [0.717, 1.165) is 6.07 Å². The number of carbonyl (C=O) groups is 1. The first-order valence-electron chi connectivity index (χ1n) is 5.23. The molecule has 1 aromatic carbocycles. The van der Waals surface area contributed by atoms with Crippen LogP contribution in [-0.4, -0.2) is 11.4 Å². The van der Waals surface area contributed by atoms with Gasteiger partial charge in [-0.1, -0.05) is 0 Å². The highest BCUT2D eigenvalue weighted by atomic mass is 19.1. The van der Waals surface area contributed by atoms with Crippen molar-refractivity contribution in [1.82, 2.24) is 5.32 Å². The Hall–Kier alpha value is -1.45. The first kappa shape index (κ1) is 11.0. The number of carbonyl (C=O) groups excluding carboxylic acids is 1. The maximum Gasteiger partial charge on any atom is 0.220 e. The second-order valence-corrected chi connectivity index (χ2v) is 4.56. The van der Waals surface area contributed by atoms with E-state index in [1.807, 2.05) is 6.92 Å². The highest BCUT2D eigenvalue weighted by molar-refractivity contribution is 5.79. The van der Waals surface area contributed by atoms with E-state index in [4.69, 9.17) is 0 Å². The average molecular weight is 225 g/mol. The second-order valence-electron chi connectivity index (χ2n) is 4.56. The molecule has 1 atom stereocenters. The van der Waals surface area contributed by atoms with Crippen LogP contribution in [0.1, 0.15) is 25.3 Å². The van der Waals surface area contributed by atoms with Gasteiger partial charge < -0.3 is 5.32 Å². The number of hydrogen-bond donors (Lipinski definition) is 1. The minimum Gasteiger partial charge on any atom is -0.351 e. The summed E-state index contributed by atoms with van der Waals surface area (Å²) in [5.74, 6) is -1.16. The van der Waals surface area contributed by atoms with Gasteiger partial charge >= 0.3 is 0 Å². The van der Waals surface area contributed by atoms with Gasteiger partial charge in [0.25, 0.3) is 0 Å². The summed E-state index contributed by atoms with van der Waals surface area (Å²) in [4.78, 5) is 11.1. The normalized spacial score (nSPS) is 24.6. The molecule has 0 spiro atoms. The molecule has 0 bridgehead atoms. The van der Waals surface area contributed by atoms with Crippen LogP contribution in [0, 0.1) is 11.6 Å². The van der Waals surface area contributed by atoms with E-state index in [1.54, 1.807) is 0 Å². The quantitative estimate of drug-likeness (QED) is 0.821. The molecular weight excluding hydrogens is 212 g/mol. The number of rotatable bonds is 2. The van der Waals surface area contributed by atoms with Gasteiger partial charge in [0.1, 0.15) is 11.6 Å². The van der Waals surface area contributed by atoms with E-state index in [-0.39, 0.29) is 11.4 Å². The van der Waals surface area contributed by atoms with Crippen LogP contribution < -0.4 is 5.32 Å². The molecule has 0 aliphatic carbocycles. The van der Waals surface area contributed by atoms with E-state index in [1.165, 1.54) is 12.1 Å². The van der Waals surface area contributed by atoms with Crippen molar-refractivity contribution in [1.29, 1.82) is 0 Å². The van der Waals surface area contributed by atoms with Gasteiger partial charge in [-0.05, 0) is 37.5 Å². The summed E-state index contributed by atoms with van der Waals surface area (Å²) in [6.45, 7) is 1.89. The van der Waals surface area contributed by atoms with Crippen LogP contribution in [0.15, 0.2) is 18.2 Å². The third-order valence-corrected chi connectivity index (χ3v) is 2.86. The van der Waals surface area contributed by atoms with Gasteiger partial charge in [0.15, 0.2) is 0 Å². The Bertz CT molecular complexity index is 413. The zero-order valence-electron chi connectivity index (χ0n) is 9.02. The fourth-order valence-electron chi connectivity index (χ4n) is 2.15. The molecule has 2 rings (SSSR count). The molecule has 4 heteroatoms. The number of halogens is 2. The Morgan fingerprint density at radius 3 is 2.44 bits per heavy atom. The van der Waals surface area contributed by atoms with Crippen molar-refractivity contribution in [2.75, 3.05) is 0 Å². The maximum absolute atomic E-state index is 13.0. The Labute approximate surface area is 92.7 Å². The van der Waals surface area contributed by atoms with Crippen molar-refractivity contribution >= 4 is 5.91 Å². The van der Waals surface area contributed by atoms with Gasteiger partial charge in [-0.15, -0.1) is 0 Å². The van der Waals surface area contributed by atoms with Crippen molar-refractivity contribution in [3.05, 3.63) is 35.4 Å². The van der Waals surface area contributed by atoms with E-state index in [0.29, 0.717) is 24.8 Å².